The number of halogens is 1. The molecule has 1 atom stereocenters. The van der Waals surface area contributed by atoms with Gasteiger partial charge >= 0.3 is 0 Å². The lowest BCUT2D eigenvalue weighted by Gasteiger charge is -2.09. The zero-order valence-electron chi connectivity index (χ0n) is 7.02. The number of terminal acetylenes is 1. The van der Waals surface area contributed by atoms with E-state index in [4.69, 9.17) is 18.0 Å². The van der Waals surface area contributed by atoms with Gasteiger partial charge in [0.05, 0.1) is 6.04 Å². The minimum atomic E-state index is 0.168. The van der Waals surface area contributed by atoms with Gasteiger partial charge in [0.2, 0.25) is 0 Å². The maximum atomic E-state index is 5.47. The van der Waals surface area contributed by atoms with Gasteiger partial charge in [-0.15, -0.1) is 6.42 Å². The van der Waals surface area contributed by atoms with Crippen LogP contribution in [0, 0.1) is 12.3 Å². The molecule has 0 aliphatic rings. The van der Waals surface area contributed by atoms with Gasteiger partial charge in [0, 0.05) is 12.1 Å². The third-order valence-electron chi connectivity index (χ3n) is 1.42. The minimum Gasteiger partial charge on any atom is -0.300 e. The van der Waals surface area contributed by atoms with Gasteiger partial charge in [-0.25, -0.2) is 0 Å². The van der Waals surface area contributed by atoms with Gasteiger partial charge in [0.1, 0.15) is 0 Å². The van der Waals surface area contributed by atoms with E-state index in [9.17, 15) is 0 Å². The average molecular weight is 172 g/mol. The summed E-state index contributed by atoms with van der Waals surface area (Å²) in [6.45, 7) is 4.78. The van der Waals surface area contributed by atoms with Crippen LogP contribution < -0.4 is 5.32 Å². The van der Waals surface area contributed by atoms with Crippen LogP contribution in [0.2, 0.25) is 0 Å². The first-order valence-electron chi connectivity index (χ1n) is 3.70. The topological polar surface area (TPSA) is 12.0 Å². The second kappa shape index (κ2) is 6.27. The molecule has 0 aliphatic carbocycles. The lowest BCUT2D eigenvalue weighted by molar-refractivity contribution is 0.624. The number of nitrogens with one attached hydrogen (secondary N) is 1. The summed E-state index contributed by atoms with van der Waals surface area (Å²) >= 11 is 5.47. The van der Waals surface area contributed by atoms with E-state index in [0.29, 0.717) is 0 Å². The largest absolute Gasteiger partial charge is 0.300 e. The molecule has 2 heteroatoms. The van der Waals surface area contributed by atoms with Gasteiger partial charge in [-0.2, -0.15) is 0 Å². The van der Waals surface area contributed by atoms with E-state index in [1.807, 2.05) is 6.92 Å². The van der Waals surface area contributed by atoms with Crippen LogP contribution in [0.25, 0.3) is 0 Å². The SMILES string of the molecule is C#CC(CC)NCC(C)=CCl. The molecule has 1 nitrogen and oxygen atoms in total. The standard InChI is InChI=1S/C9H14ClN/c1-4-9(5-2)11-7-8(3)6-10/h1,6,9,11H,5,7H2,2-3H3. The predicted molar refractivity (Wildman–Crippen MR) is 50.5 cm³/mol. The van der Waals surface area contributed by atoms with Crippen molar-refractivity contribution in [2.24, 2.45) is 0 Å². The first-order chi connectivity index (χ1) is 5.24. The van der Waals surface area contributed by atoms with Crippen molar-refractivity contribution >= 4 is 11.6 Å². The zero-order valence-corrected chi connectivity index (χ0v) is 7.78. The van der Waals surface area contributed by atoms with Crippen LogP contribution in [0.5, 0.6) is 0 Å². The summed E-state index contributed by atoms with van der Waals surface area (Å²) in [5.74, 6) is 2.65. The Hall–Kier alpha value is -0.450. The maximum absolute atomic E-state index is 5.47. The smallest absolute Gasteiger partial charge is 0.0686 e. The molecule has 0 aromatic carbocycles. The molecule has 0 fully saturated rings. The van der Waals surface area contributed by atoms with Crippen LogP contribution in [-0.4, -0.2) is 12.6 Å². The van der Waals surface area contributed by atoms with Gasteiger partial charge < -0.3 is 0 Å². The van der Waals surface area contributed by atoms with Crippen LogP contribution in [0.15, 0.2) is 11.1 Å². The molecule has 11 heavy (non-hydrogen) atoms. The van der Waals surface area contributed by atoms with Gasteiger partial charge in [0.15, 0.2) is 0 Å². The number of rotatable bonds is 4. The fourth-order valence-corrected chi connectivity index (χ4v) is 0.721. The summed E-state index contributed by atoms with van der Waals surface area (Å²) in [7, 11) is 0. The zero-order chi connectivity index (χ0) is 8.69. The molecule has 0 spiro atoms. The molecule has 0 amide bonds. The van der Waals surface area contributed by atoms with Crippen LogP contribution in [-0.2, 0) is 0 Å². The van der Waals surface area contributed by atoms with Crippen molar-refractivity contribution in [1.29, 1.82) is 0 Å². The number of hydrogen-bond acceptors (Lipinski definition) is 1. The predicted octanol–water partition coefficient (Wildman–Crippen LogP) is 2.13. The molecular formula is C9H14ClN. The Bertz CT molecular complexity index is 167. The molecule has 1 N–H and O–H groups in total. The van der Waals surface area contributed by atoms with E-state index >= 15 is 0 Å². The molecule has 0 heterocycles. The second-order valence-corrected chi connectivity index (χ2v) is 2.68. The molecule has 0 aromatic heterocycles. The van der Waals surface area contributed by atoms with E-state index < -0.39 is 0 Å². The Morgan fingerprint density at radius 3 is 2.82 bits per heavy atom. The van der Waals surface area contributed by atoms with Crippen molar-refractivity contribution < 1.29 is 0 Å². The second-order valence-electron chi connectivity index (χ2n) is 2.46. The Kier molecular flexibility index (Phi) is 6.02. The summed E-state index contributed by atoms with van der Waals surface area (Å²) in [6.07, 6.45) is 6.20. The highest BCUT2D eigenvalue weighted by Gasteiger charge is 1.98. The highest BCUT2D eigenvalue weighted by molar-refractivity contribution is 6.25. The van der Waals surface area contributed by atoms with Gasteiger partial charge in [-0.05, 0) is 18.9 Å². The molecule has 62 valence electrons. The van der Waals surface area contributed by atoms with Crippen LogP contribution in [0.4, 0.5) is 0 Å². The summed E-state index contributed by atoms with van der Waals surface area (Å²) in [5.41, 5.74) is 2.66. The Labute approximate surface area is 73.8 Å². The molecule has 0 radical (unpaired) electrons. The Balaban J connectivity index is 3.61. The van der Waals surface area contributed by atoms with E-state index in [1.54, 1.807) is 5.54 Å². The fraction of sp³-hybridized carbons (Fsp3) is 0.556. The fourth-order valence-electron chi connectivity index (χ4n) is 0.644. The molecule has 0 bridgehead atoms. The van der Waals surface area contributed by atoms with Crippen molar-refractivity contribution in [3.63, 3.8) is 0 Å². The summed E-state index contributed by atoms with van der Waals surface area (Å²) < 4.78 is 0. The molecule has 0 saturated heterocycles. The highest BCUT2D eigenvalue weighted by atomic mass is 35.5. The van der Waals surface area contributed by atoms with Crippen molar-refractivity contribution in [2.75, 3.05) is 6.54 Å². The summed E-state index contributed by atoms with van der Waals surface area (Å²) in [6, 6.07) is 0.168. The lowest BCUT2D eigenvalue weighted by atomic mass is 10.2. The normalized spacial score (nSPS) is 14.2. The van der Waals surface area contributed by atoms with Gasteiger partial charge in [-0.3, -0.25) is 5.32 Å². The van der Waals surface area contributed by atoms with E-state index in [-0.39, 0.29) is 6.04 Å². The summed E-state index contributed by atoms with van der Waals surface area (Å²) in [5, 5.41) is 3.18. The molecule has 1 unspecified atom stereocenters. The van der Waals surface area contributed by atoms with Crippen LogP contribution in [0.1, 0.15) is 20.3 Å². The third-order valence-corrected chi connectivity index (χ3v) is 1.80. The monoisotopic (exact) mass is 171 g/mol. The lowest BCUT2D eigenvalue weighted by Crippen LogP contribution is -2.28. The van der Waals surface area contributed by atoms with Crippen LogP contribution >= 0.6 is 11.6 Å². The molecule has 0 saturated carbocycles. The quantitative estimate of drug-likeness (QED) is 0.640. The number of hydrogen-bond donors (Lipinski definition) is 1. The van der Waals surface area contributed by atoms with E-state index in [0.717, 1.165) is 18.5 Å². The third kappa shape index (κ3) is 4.89. The molecular weight excluding hydrogens is 158 g/mol. The highest BCUT2D eigenvalue weighted by Crippen LogP contribution is 1.94. The first-order valence-corrected chi connectivity index (χ1v) is 4.13. The van der Waals surface area contributed by atoms with Crippen molar-refractivity contribution in [2.45, 2.75) is 26.3 Å². The average Bonchev–Trinajstić information content (AvgIpc) is 2.06. The Morgan fingerprint density at radius 1 is 1.82 bits per heavy atom. The van der Waals surface area contributed by atoms with E-state index in [2.05, 4.69) is 18.2 Å². The minimum absolute atomic E-state index is 0.168. The van der Waals surface area contributed by atoms with Crippen molar-refractivity contribution in [3.8, 4) is 12.3 Å². The maximum Gasteiger partial charge on any atom is 0.0686 e. The molecule has 0 aromatic rings. The molecule has 0 rings (SSSR count). The van der Waals surface area contributed by atoms with E-state index in [1.165, 1.54) is 0 Å². The molecule has 0 aliphatic heterocycles. The summed E-state index contributed by atoms with van der Waals surface area (Å²) in [4.78, 5) is 0. The Morgan fingerprint density at radius 2 is 2.45 bits per heavy atom. The van der Waals surface area contributed by atoms with Gasteiger partial charge in [0.25, 0.3) is 0 Å². The van der Waals surface area contributed by atoms with Gasteiger partial charge in [-0.1, -0.05) is 24.4 Å². The van der Waals surface area contributed by atoms with Crippen molar-refractivity contribution in [1.82, 2.24) is 5.32 Å². The van der Waals surface area contributed by atoms with Crippen molar-refractivity contribution in [3.05, 3.63) is 11.1 Å². The van der Waals surface area contributed by atoms with Crippen LogP contribution in [0.3, 0.4) is 0 Å². The first kappa shape index (κ1) is 10.6.